The van der Waals surface area contributed by atoms with Gasteiger partial charge in [0.1, 0.15) is 23.0 Å². The van der Waals surface area contributed by atoms with Crippen LogP contribution < -0.4 is 9.64 Å². The van der Waals surface area contributed by atoms with Crippen LogP contribution in [0.3, 0.4) is 0 Å². The summed E-state index contributed by atoms with van der Waals surface area (Å²) in [6, 6.07) is 11.6. The lowest BCUT2D eigenvalue weighted by atomic mass is 9.85. The SMILES string of the molecule is C=CCOc1ccc(C(O)=C2C(=O)C(=O)N(c3nc(C)c(C(=O)OC)s3)[C@H]2c2ccc(C(C)(C)C)cc2)cc1C. The van der Waals surface area contributed by atoms with Crippen LogP contribution in [0.15, 0.2) is 60.7 Å². The summed E-state index contributed by atoms with van der Waals surface area (Å²) in [5.74, 6) is -1.98. The maximum absolute atomic E-state index is 13.5. The Morgan fingerprint density at radius 2 is 1.82 bits per heavy atom. The van der Waals surface area contributed by atoms with Gasteiger partial charge in [-0.1, -0.05) is 69.0 Å². The van der Waals surface area contributed by atoms with Crippen molar-refractivity contribution in [3.8, 4) is 5.75 Å². The average Bonchev–Trinajstić information content (AvgIpc) is 3.43. The Balaban J connectivity index is 1.90. The number of thiazole rings is 1. The van der Waals surface area contributed by atoms with Crippen molar-refractivity contribution in [2.75, 3.05) is 18.6 Å². The molecule has 3 aromatic rings. The predicted octanol–water partition coefficient (Wildman–Crippen LogP) is 6.04. The van der Waals surface area contributed by atoms with E-state index in [9.17, 15) is 19.5 Å². The highest BCUT2D eigenvalue weighted by molar-refractivity contribution is 7.17. The molecule has 4 rings (SSSR count). The summed E-state index contributed by atoms with van der Waals surface area (Å²) in [5.41, 5.74) is 2.98. The number of esters is 1. The number of aliphatic hydroxyl groups is 1. The van der Waals surface area contributed by atoms with E-state index in [1.54, 1.807) is 31.2 Å². The molecule has 1 fully saturated rings. The highest BCUT2D eigenvalue weighted by atomic mass is 32.1. The molecule has 1 N–H and O–H groups in total. The molecular weight excluding hydrogens is 528 g/mol. The molecule has 0 unspecified atom stereocenters. The molecule has 0 radical (unpaired) electrons. The molecule has 208 valence electrons. The lowest BCUT2D eigenvalue weighted by Gasteiger charge is -2.25. The predicted molar refractivity (Wildman–Crippen MR) is 155 cm³/mol. The summed E-state index contributed by atoms with van der Waals surface area (Å²) in [6.07, 6.45) is 1.63. The van der Waals surface area contributed by atoms with Crippen molar-refractivity contribution in [1.29, 1.82) is 0 Å². The van der Waals surface area contributed by atoms with Gasteiger partial charge in [0.2, 0.25) is 0 Å². The lowest BCUT2D eigenvalue weighted by molar-refractivity contribution is -0.132. The Kier molecular flexibility index (Phi) is 7.98. The second kappa shape index (κ2) is 11.1. The van der Waals surface area contributed by atoms with Crippen LogP contribution in [0.5, 0.6) is 5.75 Å². The van der Waals surface area contributed by atoms with E-state index in [-0.39, 0.29) is 26.8 Å². The summed E-state index contributed by atoms with van der Waals surface area (Å²) < 4.78 is 10.5. The van der Waals surface area contributed by atoms with E-state index in [0.717, 1.165) is 22.5 Å². The number of hydrogen-bond donors (Lipinski definition) is 1. The van der Waals surface area contributed by atoms with Gasteiger partial charge in [0.15, 0.2) is 5.13 Å². The zero-order chi connectivity index (χ0) is 29.4. The van der Waals surface area contributed by atoms with E-state index in [1.807, 2.05) is 31.2 Å². The van der Waals surface area contributed by atoms with Crippen LogP contribution in [0.4, 0.5) is 5.13 Å². The van der Waals surface area contributed by atoms with E-state index in [2.05, 4.69) is 32.3 Å². The van der Waals surface area contributed by atoms with E-state index >= 15 is 0 Å². The van der Waals surface area contributed by atoms with Crippen molar-refractivity contribution in [3.05, 3.63) is 93.5 Å². The number of aromatic nitrogens is 1. The van der Waals surface area contributed by atoms with Crippen molar-refractivity contribution in [2.45, 2.75) is 46.1 Å². The molecule has 0 saturated carbocycles. The summed E-state index contributed by atoms with van der Waals surface area (Å²) in [5, 5.41) is 11.7. The van der Waals surface area contributed by atoms with Crippen LogP contribution in [0, 0.1) is 13.8 Å². The van der Waals surface area contributed by atoms with Gasteiger partial charge in [0.25, 0.3) is 5.78 Å². The summed E-state index contributed by atoms with van der Waals surface area (Å²) >= 11 is 0.961. The Hall–Kier alpha value is -4.24. The number of ketones is 1. The fourth-order valence-electron chi connectivity index (χ4n) is 4.54. The molecule has 1 aliphatic rings. The second-order valence-corrected chi connectivity index (χ2v) is 11.5. The van der Waals surface area contributed by atoms with Crippen LogP contribution in [-0.4, -0.2) is 41.5 Å². The largest absolute Gasteiger partial charge is 0.507 e. The molecule has 0 bridgehead atoms. The first-order valence-electron chi connectivity index (χ1n) is 12.7. The number of benzene rings is 2. The minimum atomic E-state index is -0.970. The Morgan fingerprint density at radius 1 is 1.15 bits per heavy atom. The van der Waals surface area contributed by atoms with E-state index in [1.165, 1.54) is 12.0 Å². The molecule has 2 heterocycles. The maximum Gasteiger partial charge on any atom is 0.350 e. The number of carbonyl (C=O) groups excluding carboxylic acids is 3. The molecule has 9 heteroatoms. The number of nitrogens with zero attached hydrogens (tertiary/aromatic N) is 2. The van der Waals surface area contributed by atoms with Crippen LogP contribution >= 0.6 is 11.3 Å². The van der Waals surface area contributed by atoms with Gasteiger partial charge < -0.3 is 14.6 Å². The van der Waals surface area contributed by atoms with Gasteiger partial charge in [-0.3, -0.25) is 14.5 Å². The molecule has 1 aromatic heterocycles. The van der Waals surface area contributed by atoms with Crippen molar-refractivity contribution in [1.82, 2.24) is 4.98 Å². The quantitative estimate of drug-likeness (QED) is 0.124. The number of amides is 1. The second-order valence-electron chi connectivity index (χ2n) is 10.5. The number of aliphatic hydroxyl groups excluding tert-OH is 1. The monoisotopic (exact) mass is 560 g/mol. The number of aryl methyl sites for hydroxylation is 2. The average molecular weight is 561 g/mol. The molecule has 1 saturated heterocycles. The zero-order valence-corrected chi connectivity index (χ0v) is 24.2. The van der Waals surface area contributed by atoms with Crippen LogP contribution in [0.25, 0.3) is 5.76 Å². The number of Topliss-reactive ketones (excluding diaryl/α,β-unsaturated/α-hetero) is 1. The van der Waals surface area contributed by atoms with Gasteiger partial charge in [0.05, 0.1) is 24.4 Å². The Labute approximate surface area is 237 Å². The minimum absolute atomic E-state index is 0.0693. The highest BCUT2D eigenvalue weighted by Gasteiger charge is 2.48. The minimum Gasteiger partial charge on any atom is -0.507 e. The third-order valence-electron chi connectivity index (χ3n) is 6.70. The number of carbonyl (C=O) groups is 3. The highest BCUT2D eigenvalue weighted by Crippen LogP contribution is 2.44. The van der Waals surface area contributed by atoms with Gasteiger partial charge in [-0.2, -0.15) is 0 Å². The third kappa shape index (κ3) is 5.29. The van der Waals surface area contributed by atoms with E-state index < -0.39 is 23.7 Å². The topological polar surface area (TPSA) is 106 Å². The first-order chi connectivity index (χ1) is 18.9. The smallest absolute Gasteiger partial charge is 0.350 e. The lowest BCUT2D eigenvalue weighted by Crippen LogP contribution is -2.29. The third-order valence-corrected chi connectivity index (χ3v) is 7.84. The van der Waals surface area contributed by atoms with Gasteiger partial charge in [-0.25, -0.2) is 9.78 Å². The first kappa shape index (κ1) is 28.8. The molecule has 1 amide bonds. The molecular formula is C31H32N2O6S. The number of methoxy groups -OCH3 is 1. The molecule has 1 atom stereocenters. The van der Waals surface area contributed by atoms with E-state index in [4.69, 9.17) is 9.47 Å². The van der Waals surface area contributed by atoms with Crippen molar-refractivity contribution < 1.29 is 29.0 Å². The van der Waals surface area contributed by atoms with E-state index in [0.29, 0.717) is 29.2 Å². The molecule has 0 spiro atoms. The molecule has 2 aromatic carbocycles. The van der Waals surface area contributed by atoms with Gasteiger partial charge in [-0.05, 0) is 54.2 Å². The number of anilines is 1. The fourth-order valence-corrected chi connectivity index (χ4v) is 5.55. The van der Waals surface area contributed by atoms with Crippen molar-refractivity contribution in [2.24, 2.45) is 0 Å². The summed E-state index contributed by atoms with van der Waals surface area (Å²) in [7, 11) is 1.26. The van der Waals surface area contributed by atoms with Gasteiger partial charge in [-0.15, -0.1) is 0 Å². The maximum atomic E-state index is 13.5. The summed E-state index contributed by atoms with van der Waals surface area (Å²) in [4.78, 5) is 45.2. The summed E-state index contributed by atoms with van der Waals surface area (Å²) in [6.45, 7) is 13.7. The zero-order valence-electron chi connectivity index (χ0n) is 23.4. The molecule has 1 aliphatic heterocycles. The molecule has 40 heavy (non-hydrogen) atoms. The number of rotatable bonds is 7. The normalized spacial score (nSPS) is 16.8. The Morgan fingerprint density at radius 3 is 2.40 bits per heavy atom. The van der Waals surface area contributed by atoms with Crippen molar-refractivity contribution >= 4 is 39.9 Å². The van der Waals surface area contributed by atoms with Crippen LogP contribution in [0.2, 0.25) is 0 Å². The number of ether oxygens (including phenoxy) is 2. The van der Waals surface area contributed by atoms with Crippen LogP contribution in [0.1, 0.15) is 64.4 Å². The first-order valence-corrected chi connectivity index (χ1v) is 13.5. The van der Waals surface area contributed by atoms with Gasteiger partial charge in [0, 0.05) is 5.56 Å². The molecule has 8 nitrogen and oxygen atoms in total. The molecule has 0 aliphatic carbocycles. The van der Waals surface area contributed by atoms with Gasteiger partial charge >= 0.3 is 11.9 Å². The van der Waals surface area contributed by atoms with Crippen molar-refractivity contribution in [3.63, 3.8) is 0 Å². The fraction of sp³-hybridized carbons (Fsp3) is 0.290. The Bertz CT molecular complexity index is 1530. The standard InChI is InChI=1S/C31H32N2O6S/c1-8-15-39-22-14-11-20(16-17(22)2)25(34)23-24(19-9-12-21(13-10-19)31(4,5)6)33(28(36)26(23)35)30-32-18(3)27(40-30)29(37)38-7/h8-14,16,24,34H,1,15H2,2-7H3/t24-/m0/s1. The van der Waals surface area contributed by atoms with Crippen LogP contribution in [-0.2, 0) is 19.7 Å². The number of hydrogen-bond acceptors (Lipinski definition) is 8.